The van der Waals surface area contributed by atoms with Crippen LogP contribution in [0.1, 0.15) is 67.2 Å². The molecule has 0 aromatic heterocycles. The maximum Gasteiger partial charge on any atom is 0.222 e. The molecule has 1 fully saturated rings. The maximum atomic E-state index is 12.4. The molecule has 1 saturated heterocycles. The highest BCUT2D eigenvalue weighted by atomic mass is 16.2. The standard InChI is InChI=1S/C18H36N2O/c1-7-14(3)16(19-8-2)13-20-12-11-15(18(4,5)6)9-10-17(20)21/h14-16,19H,7-13H2,1-6H3. The summed E-state index contributed by atoms with van der Waals surface area (Å²) in [6, 6.07) is 0.426. The van der Waals surface area contributed by atoms with Crippen molar-refractivity contribution in [1.29, 1.82) is 0 Å². The third-order valence-corrected chi connectivity index (χ3v) is 5.25. The first-order chi connectivity index (χ1) is 9.79. The Morgan fingerprint density at radius 1 is 1.29 bits per heavy atom. The van der Waals surface area contributed by atoms with E-state index >= 15 is 0 Å². The molecule has 0 aromatic rings. The Labute approximate surface area is 131 Å². The normalized spacial score (nSPS) is 23.8. The summed E-state index contributed by atoms with van der Waals surface area (Å²) in [5, 5.41) is 3.57. The number of hydrogen-bond donors (Lipinski definition) is 1. The molecule has 3 nitrogen and oxygen atoms in total. The van der Waals surface area contributed by atoms with Crippen molar-refractivity contribution < 1.29 is 4.79 Å². The number of carbonyl (C=O) groups excluding carboxylic acids is 1. The molecule has 0 bridgehead atoms. The predicted molar refractivity (Wildman–Crippen MR) is 90.3 cm³/mol. The molecule has 0 aliphatic carbocycles. The summed E-state index contributed by atoms with van der Waals surface area (Å²) < 4.78 is 0. The molecular formula is C18H36N2O. The molecule has 3 atom stereocenters. The smallest absolute Gasteiger partial charge is 0.222 e. The second kappa shape index (κ2) is 8.17. The Kier molecular flexibility index (Phi) is 7.19. The second-order valence-electron chi connectivity index (χ2n) is 7.78. The summed E-state index contributed by atoms with van der Waals surface area (Å²) >= 11 is 0. The molecule has 0 radical (unpaired) electrons. The fourth-order valence-electron chi connectivity index (χ4n) is 3.33. The van der Waals surface area contributed by atoms with Gasteiger partial charge in [-0.25, -0.2) is 0 Å². The van der Waals surface area contributed by atoms with Gasteiger partial charge < -0.3 is 10.2 Å². The SMILES string of the molecule is CCNC(CN1CCC(C(C)(C)C)CCC1=O)C(C)CC. The lowest BCUT2D eigenvalue weighted by Gasteiger charge is -2.32. The minimum absolute atomic E-state index is 0.314. The average Bonchev–Trinajstić information content (AvgIpc) is 2.59. The Bertz CT molecular complexity index is 322. The molecule has 0 saturated carbocycles. The zero-order chi connectivity index (χ0) is 16.0. The Morgan fingerprint density at radius 3 is 2.48 bits per heavy atom. The molecule has 1 amide bonds. The van der Waals surface area contributed by atoms with Gasteiger partial charge in [0.1, 0.15) is 0 Å². The van der Waals surface area contributed by atoms with Crippen molar-refractivity contribution >= 4 is 5.91 Å². The van der Waals surface area contributed by atoms with Crippen LogP contribution in [0.3, 0.4) is 0 Å². The van der Waals surface area contributed by atoms with Crippen molar-refractivity contribution in [1.82, 2.24) is 10.2 Å². The lowest BCUT2D eigenvalue weighted by atomic mass is 9.77. The maximum absolute atomic E-state index is 12.4. The molecule has 1 N–H and O–H groups in total. The molecular weight excluding hydrogens is 260 g/mol. The van der Waals surface area contributed by atoms with Crippen LogP contribution in [0.2, 0.25) is 0 Å². The van der Waals surface area contributed by atoms with E-state index in [1.54, 1.807) is 0 Å². The first-order valence-electron chi connectivity index (χ1n) is 8.80. The topological polar surface area (TPSA) is 32.3 Å². The minimum Gasteiger partial charge on any atom is -0.341 e. The third kappa shape index (κ3) is 5.61. The first kappa shape index (κ1) is 18.5. The average molecular weight is 296 g/mol. The van der Waals surface area contributed by atoms with E-state index in [0.29, 0.717) is 29.2 Å². The van der Waals surface area contributed by atoms with Crippen molar-refractivity contribution in [2.24, 2.45) is 17.3 Å². The lowest BCUT2D eigenvalue weighted by molar-refractivity contribution is -0.131. The van der Waals surface area contributed by atoms with Crippen LogP contribution in [0.4, 0.5) is 0 Å². The zero-order valence-corrected chi connectivity index (χ0v) is 15.0. The molecule has 3 unspecified atom stereocenters. The van der Waals surface area contributed by atoms with Gasteiger partial charge in [-0.15, -0.1) is 0 Å². The number of nitrogens with zero attached hydrogens (tertiary/aromatic N) is 1. The van der Waals surface area contributed by atoms with E-state index in [-0.39, 0.29) is 0 Å². The first-order valence-corrected chi connectivity index (χ1v) is 8.80. The minimum atomic E-state index is 0.314. The monoisotopic (exact) mass is 296 g/mol. The molecule has 1 aliphatic rings. The number of rotatable bonds is 6. The molecule has 21 heavy (non-hydrogen) atoms. The van der Waals surface area contributed by atoms with Crippen molar-refractivity contribution in [3.63, 3.8) is 0 Å². The number of likely N-dealkylation sites (tertiary alicyclic amines) is 1. The third-order valence-electron chi connectivity index (χ3n) is 5.25. The second-order valence-corrected chi connectivity index (χ2v) is 7.78. The van der Waals surface area contributed by atoms with Crippen molar-refractivity contribution in [2.75, 3.05) is 19.6 Å². The van der Waals surface area contributed by atoms with E-state index in [1.807, 2.05) is 0 Å². The predicted octanol–water partition coefficient (Wildman–Crippen LogP) is 3.69. The number of nitrogens with one attached hydrogen (secondary N) is 1. The van der Waals surface area contributed by atoms with Crippen molar-refractivity contribution in [3.8, 4) is 0 Å². The number of hydrogen-bond acceptors (Lipinski definition) is 2. The van der Waals surface area contributed by atoms with E-state index in [1.165, 1.54) is 0 Å². The van der Waals surface area contributed by atoms with Crippen LogP contribution in [0.5, 0.6) is 0 Å². The largest absolute Gasteiger partial charge is 0.341 e. The molecule has 1 aliphatic heterocycles. The van der Waals surface area contributed by atoms with Gasteiger partial charge in [0, 0.05) is 25.6 Å². The van der Waals surface area contributed by atoms with Crippen LogP contribution in [0.15, 0.2) is 0 Å². The Hall–Kier alpha value is -0.570. The van der Waals surface area contributed by atoms with Gasteiger partial charge in [-0.3, -0.25) is 4.79 Å². The van der Waals surface area contributed by atoms with E-state index in [9.17, 15) is 4.79 Å². The van der Waals surface area contributed by atoms with Crippen molar-refractivity contribution in [2.45, 2.75) is 73.3 Å². The highest BCUT2D eigenvalue weighted by molar-refractivity contribution is 5.76. The van der Waals surface area contributed by atoms with E-state index in [2.05, 4.69) is 51.8 Å². The highest BCUT2D eigenvalue weighted by Gasteiger charge is 2.31. The molecule has 3 heteroatoms. The number of carbonyl (C=O) groups is 1. The summed E-state index contributed by atoms with van der Waals surface area (Å²) in [6.07, 6.45) is 4.08. The number of amides is 1. The van der Waals surface area contributed by atoms with Gasteiger partial charge >= 0.3 is 0 Å². The van der Waals surface area contributed by atoms with Gasteiger partial charge in [0.15, 0.2) is 0 Å². The number of likely N-dealkylation sites (N-methyl/N-ethyl adjacent to an activating group) is 1. The van der Waals surface area contributed by atoms with Gasteiger partial charge in [-0.05, 0) is 36.6 Å². The summed E-state index contributed by atoms with van der Waals surface area (Å²) in [5.74, 6) is 1.63. The quantitative estimate of drug-likeness (QED) is 0.811. The summed E-state index contributed by atoms with van der Waals surface area (Å²) in [6.45, 7) is 16.4. The van der Waals surface area contributed by atoms with Crippen LogP contribution >= 0.6 is 0 Å². The highest BCUT2D eigenvalue weighted by Crippen LogP contribution is 2.34. The molecule has 1 heterocycles. The van der Waals surface area contributed by atoms with Crippen LogP contribution in [-0.4, -0.2) is 36.5 Å². The van der Waals surface area contributed by atoms with Gasteiger partial charge in [0.25, 0.3) is 0 Å². The summed E-state index contributed by atoms with van der Waals surface area (Å²) in [4.78, 5) is 14.6. The van der Waals surface area contributed by atoms with E-state index in [4.69, 9.17) is 0 Å². The fraction of sp³-hybridized carbons (Fsp3) is 0.944. The van der Waals surface area contributed by atoms with Gasteiger partial charge in [-0.2, -0.15) is 0 Å². The van der Waals surface area contributed by atoms with Gasteiger partial charge in [0.2, 0.25) is 5.91 Å². The summed E-state index contributed by atoms with van der Waals surface area (Å²) in [5.41, 5.74) is 0.314. The van der Waals surface area contributed by atoms with Gasteiger partial charge in [-0.1, -0.05) is 48.0 Å². The lowest BCUT2D eigenvalue weighted by Crippen LogP contribution is -2.46. The molecule has 0 aromatic carbocycles. The molecule has 124 valence electrons. The van der Waals surface area contributed by atoms with E-state index < -0.39 is 0 Å². The van der Waals surface area contributed by atoms with Gasteiger partial charge in [0.05, 0.1) is 0 Å². The Balaban J connectivity index is 2.67. The van der Waals surface area contributed by atoms with Crippen molar-refractivity contribution in [3.05, 3.63) is 0 Å². The molecule has 0 spiro atoms. The fourth-order valence-corrected chi connectivity index (χ4v) is 3.33. The van der Waals surface area contributed by atoms with Crippen LogP contribution in [0.25, 0.3) is 0 Å². The van der Waals surface area contributed by atoms with Crippen LogP contribution in [-0.2, 0) is 4.79 Å². The Morgan fingerprint density at radius 2 is 1.95 bits per heavy atom. The summed E-state index contributed by atoms with van der Waals surface area (Å²) in [7, 11) is 0. The van der Waals surface area contributed by atoms with Crippen LogP contribution in [0, 0.1) is 17.3 Å². The zero-order valence-electron chi connectivity index (χ0n) is 15.0. The molecule has 1 rings (SSSR count). The van der Waals surface area contributed by atoms with E-state index in [0.717, 1.165) is 45.3 Å². The van der Waals surface area contributed by atoms with Crippen LogP contribution < -0.4 is 5.32 Å².